The Balaban J connectivity index is 1.86. The molecule has 1 aromatic rings. The molecule has 5 heteroatoms. The van der Waals surface area contributed by atoms with E-state index in [9.17, 15) is 4.79 Å². The van der Waals surface area contributed by atoms with Crippen molar-refractivity contribution in [2.45, 2.75) is 25.8 Å². The lowest BCUT2D eigenvalue weighted by molar-refractivity contribution is 0.0917. The van der Waals surface area contributed by atoms with E-state index in [2.05, 4.69) is 17.1 Å². The van der Waals surface area contributed by atoms with Crippen LogP contribution in [0.1, 0.15) is 29.4 Å². The summed E-state index contributed by atoms with van der Waals surface area (Å²) in [6, 6.07) is 2.08. The molecule has 3 N–H and O–H groups in total. The second kappa shape index (κ2) is 5.51. The molecule has 0 saturated carbocycles. The molecule has 0 spiro atoms. The third-order valence-corrected chi connectivity index (χ3v) is 4.20. The molecule has 0 aromatic carbocycles. The predicted octanol–water partition coefficient (Wildman–Crippen LogP) is 1.54. The minimum Gasteiger partial charge on any atom is -0.397 e. The van der Waals surface area contributed by atoms with Gasteiger partial charge in [0.25, 0.3) is 5.91 Å². The van der Waals surface area contributed by atoms with Crippen LogP contribution >= 0.6 is 11.3 Å². The van der Waals surface area contributed by atoms with E-state index in [1.807, 2.05) is 5.38 Å². The van der Waals surface area contributed by atoms with Gasteiger partial charge >= 0.3 is 0 Å². The smallest absolute Gasteiger partial charge is 0.263 e. The summed E-state index contributed by atoms with van der Waals surface area (Å²) in [7, 11) is 0. The fourth-order valence-electron chi connectivity index (χ4n) is 2.15. The van der Waals surface area contributed by atoms with Crippen molar-refractivity contribution >= 4 is 22.9 Å². The van der Waals surface area contributed by atoms with E-state index < -0.39 is 0 Å². The number of nitrogens with zero attached hydrogens (tertiary/aromatic N) is 1. The van der Waals surface area contributed by atoms with Gasteiger partial charge in [-0.3, -0.25) is 4.79 Å². The minimum absolute atomic E-state index is 0.0209. The maximum absolute atomic E-state index is 12.0. The van der Waals surface area contributed by atoms with Gasteiger partial charge in [0, 0.05) is 19.1 Å². The van der Waals surface area contributed by atoms with Crippen LogP contribution in [-0.4, -0.2) is 36.5 Å². The number of carbonyl (C=O) groups excluding carboxylic acids is 1. The fraction of sp³-hybridized carbons (Fsp3) is 0.583. The molecule has 0 aliphatic carbocycles. The van der Waals surface area contributed by atoms with Crippen LogP contribution in [0.2, 0.25) is 0 Å². The molecule has 17 heavy (non-hydrogen) atoms. The summed E-state index contributed by atoms with van der Waals surface area (Å²) in [6.45, 7) is 5.41. The first-order chi connectivity index (χ1) is 8.20. The molecule has 1 saturated heterocycles. The molecule has 2 heterocycles. The molecular formula is C12H19N3OS. The van der Waals surface area contributed by atoms with Crippen LogP contribution in [0.15, 0.2) is 11.4 Å². The molecule has 1 fully saturated rings. The Kier molecular flexibility index (Phi) is 4.02. The van der Waals surface area contributed by atoms with Crippen LogP contribution in [-0.2, 0) is 0 Å². The van der Waals surface area contributed by atoms with Crippen molar-refractivity contribution in [3.63, 3.8) is 0 Å². The Morgan fingerprint density at radius 1 is 1.59 bits per heavy atom. The molecule has 1 aliphatic rings. The summed E-state index contributed by atoms with van der Waals surface area (Å²) in [5.41, 5.74) is 6.31. The number of anilines is 1. The molecule has 1 amide bonds. The van der Waals surface area contributed by atoms with E-state index in [1.54, 1.807) is 6.07 Å². The van der Waals surface area contributed by atoms with E-state index in [0.717, 1.165) is 32.5 Å². The van der Waals surface area contributed by atoms with Gasteiger partial charge in [-0.15, -0.1) is 11.3 Å². The van der Waals surface area contributed by atoms with Crippen LogP contribution in [0, 0.1) is 0 Å². The number of piperidine rings is 1. The Hall–Kier alpha value is -1.07. The SMILES string of the molecule is CCN1CCC(NC(=O)c2sccc2N)CC1. The highest BCUT2D eigenvalue weighted by atomic mass is 32.1. The zero-order chi connectivity index (χ0) is 12.3. The number of thiophene rings is 1. The van der Waals surface area contributed by atoms with Crippen molar-refractivity contribution in [3.05, 3.63) is 16.3 Å². The molecule has 4 nitrogen and oxygen atoms in total. The third-order valence-electron chi connectivity index (χ3n) is 3.27. The average molecular weight is 253 g/mol. The summed E-state index contributed by atoms with van der Waals surface area (Å²) in [5.74, 6) is -0.0209. The number of amides is 1. The molecule has 0 bridgehead atoms. The van der Waals surface area contributed by atoms with Crippen molar-refractivity contribution < 1.29 is 4.79 Å². The van der Waals surface area contributed by atoms with Crippen molar-refractivity contribution in [1.82, 2.24) is 10.2 Å². The van der Waals surface area contributed by atoms with Crippen LogP contribution in [0.4, 0.5) is 5.69 Å². The Bertz CT molecular complexity index is 383. The monoisotopic (exact) mass is 253 g/mol. The highest BCUT2D eigenvalue weighted by Crippen LogP contribution is 2.19. The van der Waals surface area contributed by atoms with Crippen molar-refractivity contribution in [1.29, 1.82) is 0 Å². The Morgan fingerprint density at radius 2 is 2.29 bits per heavy atom. The number of carbonyl (C=O) groups is 1. The lowest BCUT2D eigenvalue weighted by Gasteiger charge is -2.31. The standard InChI is InChI=1S/C12H19N3OS/c1-2-15-6-3-9(4-7-15)14-12(16)11-10(13)5-8-17-11/h5,8-9H,2-4,6-7,13H2,1H3,(H,14,16). The van der Waals surface area contributed by atoms with Crippen molar-refractivity contribution in [2.24, 2.45) is 0 Å². The zero-order valence-electron chi connectivity index (χ0n) is 10.1. The summed E-state index contributed by atoms with van der Waals surface area (Å²) in [6.07, 6.45) is 2.07. The van der Waals surface area contributed by atoms with Crippen LogP contribution < -0.4 is 11.1 Å². The number of likely N-dealkylation sites (tertiary alicyclic amines) is 1. The third kappa shape index (κ3) is 2.98. The first-order valence-electron chi connectivity index (χ1n) is 6.07. The van der Waals surface area contributed by atoms with Crippen LogP contribution in [0.5, 0.6) is 0 Å². The van der Waals surface area contributed by atoms with Gasteiger partial charge in [0.15, 0.2) is 0 Å². The van der Waals surface area contributed by atoms with E-state index in [1.165, 1.54) is 11.3 Å². The van der Waals surface area contributed by atoms with Gasteiger partial charge in [0.05, 0.1) is 5.69 Å². The van der Waals surface area contributed by atoms with E-state index >= 15 is 0 Å². The fourth-order valence-corrected chi connectivity index (χ4v) is 2.87. The summed E-state index contributed by atoms with van der Waals surface area (Å²) >= 11 is 1.40. The number of hydrogen-bond acceptors (Lipinski definition) is 4. The van der Waals surface area contributed by atoms with Gasteiger partial charge in [-0.2, -0.15) is 0 Å². The highest BCUT2D eigenvalue weighted by Gasteiger charge is 2.21. The Labute approximate surface area is 106 Å². The minimum atomic E-state index is -0.0209. The van der Waals surface area contributed by atoms with Crippen molar-refractivity contribution in [3.8, 4) is 0 Å². The molecule has 0 unspecified atom stereocenters. The van der Waals surface area contributed by atoms with E-state index in [0.29, 0.717) is 16.6 Å². The normalized spacial score (nSPS) is 18.2. The molecule has 2 rings (SSSR count). The van der Waals surface area contributed by atoms with Gasteiger partial charge in [0.1, 0.15) is 4.88 Å². The molecule has 1 aromatic heterocycles. The first-order valence-corrected chi connectivity index (χ1v) is 6.95. The highest BCUT2D eigenvalue weighted by molar-refractivity contribution is 7.12. The lowest BCUT2D eigenvalue weighted by atomic mass is 10.1. The summed E-state index contributed by atoms with van der Waals surface area (Å²) in [5, 5.41) is 4.92. The first kappa shape index (κ1) is 12.4. The predicted molar refractivity (Wildman–Crippen MR) is 71.3 cm³/mol. The quantitative estimate of drug-likeness (QED) is 0.859. The maximum Gasteiger partial charge on any atom is 0.263 e. The molecule has 94 valence electrons. The van der Waals surface area contributed by atoms with Gasteiger partial charge in [0.2, 0.25) is 0 Å². The van der Waals surface area contributed by atoms with Gasteiger partial charge < -0.3 is 16.0 Å². The van der Waals surface area contributed by atoms with Gasteiger partial charge in [-0.1, -0.05) is 6.92 Å². The van der Waals surface area contributed by atoms with Crippen molar-refractivity contribution in [2.75, 3.05) is 25.4 Å². The van der Waals surface area contributed by atoms with E-state index in [-0.39, 0.29) is 5.91 Å². The lowest BCUT2D eigenvalue weighted by Crippen LogP contribution is -2.44. The summed E-state index contributed by atoms with van der Waals surface area (Å²) in [4.78, 5) is 15.0. The van der Waals surface area contributed by atoms with E-state index in [4.69, 9.17) is 5.73 Å². The van der Waals surface area contributed by atoms with Crippen LogP contribution in [0.25, 0.3) is 0 Å². The number of rotatable bonds is 3. The second-order valence-corrected chi connectivity index (χ2v) is 5.30. The van der Waals surface area contributed by atoms with Gasteiger partial charge in [-0.05, 0) is 30.8 Å². The maximum atomic E-state index is 12.0. The zero-order valence-corrected chi connectivity index (χ0v) is 10.9. The number of nitrogens with two attached hydrogens (primary N) is 1. The largest absolute Gasteiger partial charge is 0.397 e. The second-order valence-electron chi connectivity index (χ2n) is 4.39. The van der Waals surface area contributed by atoms with Crippen LogP contribution in [0.3, 0.4) is 0 Å². The molecule has 0 radical (unpaired) electrons. The molecule has 0 atom stereocenters. The topological polar surface area (TPSA) is 58.4 Å². The molecule has 1 aliphatic heterocycles. The average Bonchev–Trinajstić information content (AvgIpc) is 2.76. The number of hydrogen-bond donors (Lipinski definition) is 2. The number of nitrogen functional groups attached to an aromatic ring is 1. The van der Waals surface area contributed by atoms with Gasteiger partial charge in [-0.25, -0.2) is 0 Å². The number of nitrogens with one attached hydrogen (secondary N) is 1. The Morgan fingerprint density at radius 3 is 2.82 bits per heavy atom. The summed E-state index contributed by atoms with van der Waals surface area (Å²) < 4.78 is 0. The molecular weight excluding hydrogens is 234 g/mol.